The average molecular weight is 405 g/mol. The fourth-order valence-corrected chi connectivity index (χ4v) is 4.11. The highest BCUT2D eigenvalue weighted by molar-refractivity contribution is 7.08. The monoisotopic (exact) mass is 405 g/mol. The van der Waals surface area contributed by atoms with Crippen molar-refractivity contribution >= 4 is 28.1 Å². The lowest BCUT2D eigenvalue weighted by molar-refractivity contribution is 0.0610. The topological polar surface area (TPSA) is 75.4 Å². The van der Waals surface area contributed by atoms with Gasteiger partial charge in [0, 0.05) is 42.5 Å². The Morgan fingerprint density at radius 2 is 1.90 bits per heavy atom. The summed E-state index contributed by atoms with van der Waals surface area (Å²) in [6, 6.07) is 13.6. The second-order valence-corrected chi connectivity index (χ2v) is 7.76. The molecule has 0 radical (unpaired) electrons. The first kappa shape index (κ1) is 18.0. The number of hydrogen-bond donors (Lipinski definition) is 0. The third-order valence-electron chi connectivity index (χ3n) is 5.08. The lowest BCUT2D eigenvalue weighted by Crippen LogP contribution is -2.48. The molecule has 0 N–H and O–H groups in total. The van der Waals surface area contributed by atoms with E-state index in [0.717, 1.165) is 29.6 Å². The number of para-hydroxylation sites is 1. The van der Waals surface area contributed by atoms with Crippen LogP contribution in [0.1, 0.15) is 16.4 Å². The van der Waals surface area contributed by atoms with Gasteiger partial charge >= 0.3 is 0 Å². The summed E-state index contributed by atoms with van der Waals surface area (Å²) in [6.07, 6.45) is 0. The second kappa shape index (κ2) is 7.73. The summed E-state index contributed by atoms with van der Waals surface area (Å²) in [5.41, 5.74) is 2.31. The van der Waals surface area contributed by atoms with E-state index in [2.05, 4.69) is 20.0 Å². The highest BCUT2D eigenvalue weighted by Crippen LogP contribution is 2.20. The van der Waals surface area contributed by atoms with Gasteiger partial charge in [-0.2, -0.15) is 16.3 Å². The van der Waals surface area contributed by atoms with E-state index in [-0.39, 0.29) is 5.91 Å². The Morgan fingerprint density at radius 3 is 2.72 bits per heavy atom. The van der Waals surface area contributed by atoms with Crippen molar-refractivity contribution in [3.63, 3.8) is 0 Å². The maximum absolute atomic E-state index is 12.8. The van der Waals surface area contributed by atoms with Crippen molar-refractivity contribution in [3.8, 4) is 11.4 Å². The number of thiophene rings is 1. The Hall–Kier alpha value is -3.10. The summed E-state index contributed by atoms with van der Waals surface area (Å²) in [4.78, 5) is 25.9. The van der Waals surface area contributed by atoms with Gasteiger partial charge in [0.15, 0.2) is 0 Å². The van der Waals surface area contributed by atoms with Gasteiger partial charge in [-0.3, -0.25) is 9.69 Å². The van der Waals surface area contributed by atoms with Crippen LogP contribution in [0.5, 0.6) is 0 Å². The Kier molecular flexibility index (Phi) is 4.79. The van der Waals surface area contributed by atoms with E-state index < -0.39 is 0 Å². The molecule has 7 nitrogen and oxygen atoms in total. The van der Waals surface area contributed by atoms with Crippen LogP contribution in [0.15, 0.2) is 57.7 Å². The van der Waals surface area contributed by atoms with Crippen molar-refractivity contribution in [2.45, 2.75) is 6.54 Å². The van der Waals surface area contributed by atoms with Crippen molar-refractivity contribution in [1.82, 2.24) is 24.9 Å². The standard InChI is InChI=1S/C21H19N5O2S/c27-21(18-6-5-15-3-1-2-4-17(15)22-18)26-10-8-25(9-11-26)13-19-23-20(24-28-19)16-7-12-29-14-16/h1-7,12,14H,8-11,13H2. The van der Waals surface area contributed by atoms with Crippen molar-refractivity contribution in [2.75, 3.05) is 26.2 Å². The minimum Gasteiger partial charge on any atom is -0.338 e. The van der Waals surface area contributed by atoms with Gasteiger partial charge < -0.3 is 9.42 Å². The van der Waals surface area contributed by atoms with Gasteiger partial charge in [-0.05, 0) is 23.6 Å². The van der Waals surface area contributed by atoms with Crippen molar-refractivity contribution in [1.29, 1.82) is 0 Å². The van der Waals surface area contributed by atoms with Crippen LogP contribution in [0.4, 0.5) is 0 Å². The van der Waals surface area contributed by atoms with Gasteiger partial charge in [-0.25, -0.2) is 4.98 Å². The van der Waals surface area contributed by atoms with Crippen LogP contribution in [0.3, 0.4) is 0 Å². The fraction of sp³-hybridized carbons (Fsp3) is 0.238. The molecule has 0 aliphatic carbocycles. The van der Waals surface area contributed by atoms with Crippen LogP contribution >= 0.6 is 11.3 Å². The lowest BCUT2D eigenvalue weighted by atomic mass is 10.2. The van der Waals surface area contributed by atoms with Gasteiger partial charge in [0.1, 0.15) is 5.69 Å². The molecule has 4 heterocycles. The number of benzene rings is 1. The first-order valence-electron chi connectivity index (χ1n) is 9.49. The SMILES string of the molecule is O=C(c1ccc2ccccc2n1)N1CCN(Cc2nc(-c3ccsc3)no2)CC1. The molecule has 4 aromatic rings. The van der Waals surface area contributed by atoms with Crippen LogP contribution in [0, 0.1) is 0 Å². The predicted molar refractivity (Wildman–Crippen MR) is 111 cm³/mol. The molecule has 146 valence electrons. The van der Waals surface area contributed by atoms with Gasteiger partial charge in [0.25, 0.3) is 5.91 Å². The summed E-state index contributed by atoms with van der Waals surface area (Å²) >= 11 is 1.61. The number of aromatic nitrogens is 3. The van der Waals surface area contributed by atoms with Crippen LogP contribution in [-0.4, -0.2) is 57.0 Å². The highest BCUT2D eigenvalue weighted by atomic mass is 32.1. The third kappa shape index (κ3) is 3.76. The van der Waals surface area contributed by atoms with E-state index in [0.29, 0.717) is 37.0 Å². The summed E-state index contributed by atoms with van der Waals surface area (Å²) in [7, 11) is 0. The van der Waals surface area contributed by atoms with Gasteiger partial charge in [0.05, 0.1) is 12.1 Å². The lowest BCUT2D eigenvalue weighted by Gasteiger charge is -2.33. The Bertz CT molecular complexity index is 1130. The first-order valence-corrected chi connectivity index (χ1v) is 10.4. The molecule has 1 fully saturated rings. The maximum atomic E-state index is 12.8. The summed E-state index contributed by atoms with van der Waals surface area (Å²) in [6.45, 7) is 3.41. The van der Waals surface area contributed by atoms with E-state index in [4.69, 9.17) is 4.52 Å². The normalized spacial score (nSPS) is 15.1. The molecular formula is C21H19N5O2S. The molecule has 0 spiro atoms. The first-order chi connectivity index (χ1) is 14.3. The molecular weight excluding hydrogens is 386 g/mol. The molecule has 0 saturated carbocycles. The number of carbonyl (C=O) groups excluding carboxylic acids is 1. The van der Waals surface area contributed by atoms with E-state index in [1.165, 1.54) is 0 Å². The van der Waals surface area contributed by atoms with E-state index >= 15 is 0 Å². The van der Waals surface area contributed by atoms with E-state index in [9.17, 15) is 4.79 Å². The minimum atomic E-state index is -0.0204. The number of rotatable bonds is 4. The molecule has 29 heavy (non-hydrogen) atoms. The largest absolute Gasteiger partial charge is 0.338 e. The number of hydrogen-bond acceptors (Lipinski definition) is 7. The number of amides is 1. The zero-order valence-corrected chi connectivity index (χ0v) is 16.5. The summed E-state index contributed by atoms with van der Waals surface area (Å²) in [5, 5.41) is 9.08. The Morgan fingerprint density at radius 1 is 1.03 bits per heavy atom. The van der Waals surface area contributed by atoms with Crippen LogP contribution in [0.2, 0.25) is 0 Å². The smallest absolute Gasteiger partial charge is 0.272 e. The molecule has 0 unspecified atom stereocenters. The van der Waals surface area contributed by atoms with E-state index in [1.54, 1.807) is 17.4 Å². The highest BCUT2D eigenvalue weighted by Gasteiger charge is 2.24. The van der Waals surface area contributed by atoms with Crippen LogP contribution in [-0.2, 0) is 6.54 Å². The quantitative estimate of drug-likeness (QED) is 0.519. The number of fused-ring (bicyclic) bond motifs is 1. The van der Waals surface area contributed by atoms with Gasteiger partial charge in [-0.1, -0.05) is 29.4 Å². The van der Waals surface area contributed by atoms with Crippen LogP contribution in [0.25, 0.3) is 22.3 Å². The van der Waals surface area contributed by atoms with Gasteiger partial charge in [0.2, 0.25) is 11.7 Å². The Labute approximate surface area is 171 Å². The summed E-state index contributed by atoms with van der Waals surface area (Å²) < 4.78 is 5.39. The number of nitrogens with zero attached hydrogens (tertiary/aromatic N) is 5. The molecule has 1 aromatic carbocycles. The zero-order valence-electron chi connectivity index (χ0n) is 15.7. The molecule has 1 aliphatic rings. The molecule has 1 amide bonds. The zero-order chi connectivity index (χ0) is 19.6. The fourth-order valence-electron chi connectivity index (χ4n) is 3.48. The molecule has 0 atom stereocenters. The molecule has 5 rings (SSSR count). The van der Waals surface area contributed by atoms with Crippen molar-refractivity contribution in [2.24, 2.45) is 0 Å². The van der Waals surface area contributed by atoms with Gasteiger partial charge in [-0.15, -0.1) is 0 Å². The predicted octanol–water partition coefficient (Wildman–Crippen LogP) is 3.30. The molecule has 1 saturated heterocycles. The molecule has 1 aliphatic heterocycles. The minimum absolute atomic E-state index is 0.0204. The maximum Gasteiger partial charge on any atom is 0.272 e. The second-order valence-electron chi connectivity index (χ2n) is 6.98. The summed E-state index contributed by atoms with van der Waals surface area (Å²) in [5.74, 6) is 1.20. The molecule has 0 bridgehead atoms. The van der Waals surface area contributed by atoms with Crippen molar-refractivity contribution in [3.05, 3.63) is 64.8 Å². The third-order valence-corrected chi connectivity index (χ3v) is 5.77. The number of pyridine rings is 1. The van der Waals surface area contributed by atoms with Crippen LogP contribution < -0.4 is 0 Å². The van der Waals surface area contributed by atoms with Crippen molar-refractivity contribution < 1.29 is 9.32 Å². The molecule has 3 aromatic heterocycles. The molecule has 8 heteroatoms. The number of carbonyl (C=O) groups is 1. The average Bonchev–Trinajstić information content (AvgIpc) is 3.45. The van der Waals surface area contributed by atoms with E-state index in [1.807, 2.05) is 52.1 Å². The number of piperazine rings is 1. The Balaban J connectivity index is 1.20.